The van der Waals surface area contributed by atoms with E-state index in [4.69, 9.17) is 4.74 Å². The van der Waals surface area contributed by atoms with Crippen LogP contribution in [0.15, 0.2) is 24.3 Å². The van der Waals surface area contributed by atoms with E-state index in [0.29, 0.717) is 24.8 Å². The van der Waals surface area contributed by atoms with Crippen LogP contribution >= 0.6 is 11.3 Å². The molecule has 1 aliphatic rings. The highest BCUT2D eigenvalue weighted by atomic mass is 32.1. The monoisotopic (exact) mass is 345 g/mol. The summed E-state index contributed by atoms with van der Waals surface area (Å²) in [6, 6.07) is 8.57. The van der Waals surface area contributed by atoms with E-state index in [9.17, 15) is 4.79 Å². The molecule has 2 heterocycles. The maximum atomic E-state index is 12.2. The predicted octanol–water partition coefficient (Wildman–Crippen LogP) is 2.67. The average Bonchev–Trinajstić information content (AvgIpc) is 2.87. The number of benzene rings is 1. The van der Waals surface area contributed by atoms with Gasteiger partial charge in [-0.2, -0.15) is 0 Å². The third-order valence-corrected chi connectivity index (χ3v) is 5.09. The topological polar surface area (TPSA) is 63.2 Å². The van der Waals surface area contributed by atoms with Gasteiger partial charge in [0.05, 0.1) is 18.9 Å². The first kappa shape index (κ1) is 17.1. The minimum Gasteiger partial charge on any atom is -0.378 e. The van der Waals surface area contributed by atoms with Crippen molar-refractivity contribution in [3.8, 4) is 0 Å². The average molecular weight is 345 g/mol. The van der Waals surface area contributed by atoms with Gasteiger partial charge in [0.2, 0.25) is 5.91 Å². The predicted molar refractivity (Wildman–Crippen MR) is 96.7 cm³/mol. The summed E-state index contributed by atoms with van der Waals surface area (Å²) < 4.78 is 5.38. The number of carbonyl (C=O) groups excluding carboxylic acids is 1. The summed E-state index contributed by atoms with van der Waals surface area (Å²) in [5.74, 6) is -0.0196. The van der Waals surface area contributed by atoms with Crippen molar-refractivity contribution in [3.63, 3.8) is 0 Å². The Morgan fingerprint density at radius 2 is 2.33 bits per heavy atom. The first-order valence-electron chi connectivity index (χ1n) is 8.23. The Balaban J connectivity index is 1.60. The highest BCUT2D eigenvalue weighted by molar-refractivity contribution is 7.15. The number of rotatable bonds is 5. The molecule has 1 saturated heterocycles. The fourth-order valence-corrected chi connectivity index (χ4v) is 3.81. The first-order valence-corrected chi connectivity index (χ1v) is 9.04. The fraction of sp³-hybridized carbons (Fsp3) is 0.444. The number of morpholine rings is 1. The van der Waals surface area contributed by atoms with Gasteiger partial charge >= 0.3 is 0 Å². The van der Waals surface area contributed by atoms with E-state index in [0.717, 1.165) is 18.7 Å². The van der Waals surface area contributed by atoms with E-state index in [1.165, 1.54) is 16.0 Å². The maximum Gasteiger partial charge on any atom is 0.227 e. The molecule has 2 aromatic rings. The van der Waals surface area contributed by atoms with Crippen molar-refractivity contribution in [2.24, 2.45) is 0 Å². The lowest BCUT2D eigenvalue weighted by Crippen LogP contribution is -2.43. The van der Waals surface area contributed by atoms with Gasteiger partial charge in [-0.05, 0) is 19.4 Å². The molecule has 0 spiro atoms. The number of nitrogens with zero attached hydrogens (tertiary/aromatic N) is 1. The number of nitrogens with one attached hydrogen (secondary N) is 2. The van der Waals surface area contributed by atoms with Gasteiger partial charge in [-0.15, -0.1) is 11.3 Å². The molecule has 0 radical (unpaired) electrons. The first-order chi connectivity index (χ1) is 11.6. The molecule has 6 heteroatoms. The smallest absolute Gasteiger partial charge is 0.227 e. The molecule has 1 amide bonds. The van der Waals surface area contributed by atoms with Crippen LogP contribution in [0.3, 0.4) is 0 Å². The van der Waals surface area contributed by atoms with Gasteiger partial charge in [0.25, 0.3) is 0 Å². The largest absolute Gasteiger partial charge is 0.378 e. The number of amides is 1. The molecule has 128 valence electrons. The van der Waals surface area contributed by atoms with Crippen LogP contribution in [0.25, 0.3) is 0 Å². The van der Waals surface area contributed by atoms with E-state index >= 15 is 0 Å². The van der Waals surface area contributed by atoms with E-state index < -0.39 is 0 Å². The molecule has 24 heavy (non-hydrogen) atoms. The summed E-state index contributed by atoms with van der Waals surface area (Å²) in [6.45, 7) is 6.19. The van der Waals surface area contributed by atoms with Crippen molar-refractivity contribution in [2.45, 2.75) is 32.7 Å². The fourth-order valence-electron chi connectivity index (χ4n) is 2.80. The second kappa shape index (κ2) is 7.88. The molecule has 3 rings (SSSR count). The summed E-state index contributed by atoms with van der Waals surface area (Å²) in [7, 11) is 0. The molecule has 0 bridgehead atoms. The molecule has 1 aromatic carbocycles. The highest BCUT2D eigenvalue weighted by Gasteiger charge is 2.18. The van der Waals surface area contributed by atoms with Crippen molar-refractivity contribution in [1.29, 1.82) is 0 Å². The summed E-state index contributed by atoms with van der Waals surface area (Å²) in [5, 5.41) is 6.89. The second-order valence-corrected chi connectivity index (χ2v) is 7.26. The Kier molecular flexibility index (Phi) is 5.60. The van der Waals surface area contributed by atoms with Crippen LogP contribution in [0, 0.1) is 13.8 Å². The number of aromatic nitrogens is 1. The van der Waals surface area contributed by atoms with Gasteiger partial charge in [-0.3, -0.25) is 4.79 Å². The quantitative estimate of drug-likeness (QED) is 0.874. The summed E-state index contributed by atoms with van der Waals surface area (Å²) in [6.07, 6.45) is 1.25. The van der Waals surface area contributed by atoms with Crippen LogP contribution in [0.1, 0.15) is 28.1 Å². The van der Waals surface area contributed by atoms with Crippen molar-refractivity contribution in [3.05, 3.63) is 46.0 Å². The molecule has 1 unspecified atom stereocenters. The molecule has 1 fully saturated rings. The van der Waals surface area contributed by atoms with Crippen LogP contribution < -0.4 is 10.6 Å². The Hall–Kier alpha value is -1.76. The Labute approximate surface area is 146 Å². The molecule has 1 atom stereocenters. The van der Waals surface area contributed by atoms with Crippen LogP contribution in [-0.2, 0) is 16.0 Å². The van der Waals surface area contributed by atoms with Crippen molar-refractivity contribution < 1.29 is 9.53 Å². The SMILES string of the molecule is Cc1cccc(Cc2sc(NC(=O)CC3COCCN3)nc2C)c1. The van der Waals surface area contributed by atoms with Crippen molar-refractivity contribution in [2.75, 3.05) is 25.1 Å². The van der Waals surface area contributed by atoms with E-state index in [-0.39, 0.29) is 11.9 Å². The van der Waals surface area contributed by atoms with Gasteiger partial charge in [-0.1, -0.05) is 29.8 Å². The number of ether oxygens (including phenoxy) is 1. The standard InChI is InChI=1S/C18H23N3O2S/c1-12-4-3-5-14(8-12)9-16-13(2)20-18(24-16)21-17(22)10-15-11-23-7-6-19-15/h3-5,8,15,19H,6-7,9-11H2,1-2H3,(H,20,21,22). The zero-order valence-corrected chi connectivity index (χ0v) is 14.9. The molecule has 0 aliphatic carbocycles. The van der Waals surface area contributed by atoms with Crippen LogP contribution in [-0.4, -0.2) is 36.7 Å². The zero-order valence-electron chi connectivity index (χ0n) is 14.1. The summed E-state index contributed by atoms with van der Waals surface area (Å²) >= 11 is 1.56. The molecule has 5 nitrogen and oxygen atoms in total. The third-order valence-electron chi connectivity index (χ3n) is 4.02. The minimum atomic E-state index is -0.0196. The summed E-state index contributed by atoms with van der Waals surface area (Å²) in [5.41, 5.74) is 3.50. The van der Waals surface area contributed by atoms with E-state index in [2.05, 4.69) is 46.8 Å². The zero-order chi connectivity index (χ0) is 16.9. The van der Waals surface area contributed by atoms with E-state index in [1.54, 1.807) is 11.3 Å². The third kappa shape index (κ3) is 4.63. The normalized spacial score (nSPS) is 17.7. The number of hydrogen-bond acceptors (Lipinski definition) is 5. The molecule has 1 aromatic heterocycles. The van der Waals surface area contributed by atoms with Crippen molar-refractivity contribution in [1.82, 2.24) is 10.3 Å². The van der Waals surface area contributed by atoms with Crippen LogP contribution in [0.2, 0.25) is 0 Å². The molecule has 2 N–H and O–H groups in total. The van der Waals surface area contributed by atoms with Crippen LogP contribution in [0.4, 0.5) is 5.13 Å². The van der Waals surface area contributed by atoms with Gasteiger partial charge in [-0.25, -0.2) is 4.98 Å². The Morgan fingerprint density at radius 3 is 3.08 bits per heavy atom. The Bertz CT molecular complexity index is 708. The lowest BCUT2D eigenvalue weighted by atomic mass is 10.1. The van der Waals surface area contributed by atoms with Crippen LogP contribution in [0.5, 0.6) is 0 Å². The second-order valence-electron chi connectivity index (χ2n) is 6.17. The van der Waals surface area contributed by atoms with Gasteiger partial charge in [0, 0.05) is 30.3 Å². The molecular weight excluding hydrogens is 322 g/mol. The van der Waals surface area contributed by atoms with Gasteiger partial charge in [0.1, 0.15) is 0 Å². The number of thiazole rings is 1. The highest BCUT2D eigenvalue weighted by Crippen LogP contribution is 2.25. The van der Waals surface area contributed by atoms with Crippen molar-refractivity contribution >= 4 is 22.4 Å². The summed E-state index contributed by atoms with van der Waals surface area (Å²) in [4.78, 5) is 17.9. The lowest BCUT2D eigenvalue weighted by Gasteiger charge is -2.22. The number of hydrogen-bond donors (Lipinski definition) is 2. The molecule has 0 saturated carbocycles. The lowest BCUT2D eigenvalue weighted by molar-refractivity contribution is -0.117. The number of aryl methyl sites for hydroxylation is 2. The number of anilines is 1. The Morgan fingerprint density at radius 1 is 1.46 bits per heavy atom. The van der Waals surface area contributed by atoms with E-state index in [1.807, 2.05) is 6.92 Å². The maximum absolute atomic E-state index is 12.2. The van der Waals surface area contributed by atoms with Gasteiger partial charge in [0.15, 0.2) is 5.13 Å². The molecule has 1 aliphatic heterocycles. The number of carbonyl (C=O) groups is 1. The molecular formula is C18H23N3O2S. The minimum absolute atomic E-state index is 0.0196. The van der Waals surface area contributed by atoms with Gasteiger partial charge < -0.3 is 15.4 Å².